The number of anilines is 3. The lowest BCUT2D eigenvalue weighted by Crippen LogP contribution is -2.32. The molecule has 2 aliphatic heterocycles. The summed E-state index contributed by atoms with van der Waals surface area (Å²) in [6, 6.07) is 12.8. The first-order chi connectivity index (χ1) is 16.3. The Balaban J connectivity index is 1.40. The molecule has 0 amide bonds. The summed E-state index contributed by atoms with van der Waals surface area (Å²) in [6.45, 7) is 5.10. The first-order valence-electron chi connectivity index (χ1n) is 12.8. The molecule has 2 fully saturated rings. The van der Waals surface area contributed by atoms with Gasteiger partial charge in [-0.1, -0.05) is 56.0 Å². The second-order valence-corrected chi connectivity index (χ2v) is 9.59. The van der Waals surface area contributed by atoms with Crippen molar-refractivity contribution in [3.8, 4) is 0 Å². The van der Waals surface area contributed by atoms with E-state index in [1.54, 1.807) is 0 Å². The van der Waals surface area contributed by atoms with Crippen LogP contribution in [0, 0.1) is 0 Å². The molecule has 7 heteroatoms. The normalized spacial score (nSPS) is 17.2. The van der Waals surface area contributed by atoms with E-state index in [9.17, 15) is 0 Å². The monoisotopic (exact) mass is 466 g/mol. The summed E-state index contributed by atoms with van der Waals surface area (Å²) in [7, 11) is 0. The molecule has 178 valence electrons. The molecule has 4 rings (SSSR count). The van der Waals surface area contributed by atoms with Crippen LogP contribution in [0.15, 0.2) is 36.4 Å². The largest absolute Gasteiger partial charge is 0.362 e. The molecule has 0 saturated carbocycles. The molecule has 6 nitrogen and oxygen atoms in total. The molecule has 0 unspecified atom stereocenters. The van der Waals surface area contributed by atoms with Crippen LogP contribution in [0.4, 0.5) is 17.6 Å². The average Bonchev–Trinajstić information content (AvgIpc) is 3.28. The molecule has 3 heterocycles. The van der Waals surface area contributed by atoms with Crippen LogP contribution in [0.3, 0.4) is 0 Å². The predicted molar refractivity (Wildman–Crippen MR) is 142 cm³/mol. The van der Waals surface area contributed by atoms with E-state index >= 15 is 0 Å². The van der Waals surface area contributed by atoms with Crippen molar-refractivity contribution >= 4 is 34.9 Å². The van der Waals surface area contributed by atoms with Crippen molar-refractivity contribution in [3.63, 3.8) is 0 Å². The molecule has 1 aromatic carbocycles. The van der Waals surface area contributed by atoms with Gasteiger partial charge in [0.2, 0.25) is 5.95 Å². The fourth-order valence-electron chi connectivity index (χ4n) is 4.69. The second kappa shape index (κ2) is 12.7. The molecule has 2 N–H and O–H groups in total. The molecule has 0 atom stereocenters. The van der Waals surface area contributed by atoms with E-state index in [4.69, 9.17) is 22.2 Å². The highest BCUT2D eigenvalue weighted by Crippen LogP contribution is 2.25. The van der Waals surface area contributed by atoms with E-state index in [1.807, 2.05) is 0 Å². The van der Waals surface area contributed by atoms with Crippen LogP contribution in [-0.4, -0.2) is 47.8 Å². The SMILES string of the molecule is S=C(NCCCc1ccccc1)Nc1nc(N2CCCCCC2)cc(N2CCCCCC2)n1. The molecule has 0 bridgehead atoms. The third-order valence-corrected chi connectivity index (χ3v) is 6.80. The quantitative estimate of drug-likeness (QED) is 0.432. The van der Waals surface area contributed by atoms with Crippen LogP contribution in [0.1, 0.15) is 63.4 Å². The van der Waals surface area contributed by atoms with Crippen LogP contribution in [-0.2, 0) is 6.42 Å². The van der Waals surface area contributed by atoms with E-state index in [-0.39, 0.29) is 0 Å². The first kappa shape index (κ1) is 23.7. The molecule has 0 radical (unpaired) electrons. The van der Waals surface area contributed by atoms with E-state index < -0.39 is 0 Å². The topological polar surface area (TPSA) is 56.3 Å². The highest BCUT2D eigenvalue weighted by Gasteiger charge is 2.18. The van der Waals surface area contributed by atoms with Crippen molar-refractivity contribution in [1.29, 1.82) is 0 Å². The second-order valence-electron chi connectivity index (χ2n) is 9.18. The lowest BCUT2D eigenvalue weighted by molar-refractivity contribution is 0.726. The number of benzene rings is 1. The number of nitrogens with zero attached hydrogens (tertiary/aromatic N) is 4. The van der Waals surface area contributed by atoms with Crippen molar-refractivity contribution in [1.82, 2.24) is 15.3 Å². The zero-order chi connectivity index (χ0) is 22.7. The highest BCUT2D eigenvalue weighted by molar-refractivity contribution is 7.80. The Kier molecular flexibility index (Phi) is 9.16. The molecular formula is C26H38N6S. The van der Waals surface area contributed by atoms with Crippen LogP contribution in [0.25, 0.3) is 0 Å². The van der Waals surface area contributed by atoms with Crippen molar-refractivity contribution in [2.75, 3.05) is 47.8 Å². The van der Waals surface area contributed by atoms with Gasteiger partial charge in [0.15, 0.2) is 5.11 Å². The van der Waals surface area contributed by atoms with E-state index in [1.165, 1.54) is 56.9 Å². The summed E-state index contributed by atoms with van der Waals surface area (Å²) < 4.78 is 0. The Morgan fingerprint density at radius 3 is 1.88 bits per heavy atom. The van der Waals surface area contributed by atoms with Gasteiger partial charge in [0, 0.05) is 38.8 Å². The molecule has 33 heavy (non-hydrogen) atoms. The lowest BCUT2D eigenvalue weighted by Gasteiger charge is -2.26. The summed E-state index contributed by atoms with van der Waals surface area (Å²) in [5, 5.41) is 7.20. The fourth-order valence-corrected chi connectivity index (χ4v) is 4.88. The van der Waals surface area contributed by atoms with Crippen molar-refractivity contribution in [3.05, 3.63) is 42.0 Å². The van der Waals surface area contributed by atoms with Crippen molar-refractivity contribution in [2.45, 2.75) is 64.2 Å². The van der Waals surface area contributed by atoms with Gasteiger partial charge in [-0.3, -0.25) is 0 Å². The van der Waals surface area contributed by atoms with Gasteiger partial charge in [-0.15, -0.1) is 0 Å². The molecule has 0 spiro atoms. The summed E-state index contributed by atoms with van der Waals surface area (Å²) >= 11 is 5.58. The van der Waals surface area contributed by atoms with Crippen LogP contribution < -0.4 is 20.4 Å². The number of aromatic nitrogens is 2. The van der Waals surface area contributed by atoms with Gasteiger partial charge in [0.25, 0.3) is 0 Å². The third-order valence-electron chi connectivity index (χ3n) is 6.56. The minimum absolute atomic E-state index is 0.595. The van der Waals surface area contributed by atoms with E-state index in [0.29, 0.717) is 11.1 Å². The maximum Gasteiger partial charge on any atom is 0.232 e. The molecule has 2 saturated heterocycles. The van der Waals surface area contributed by atoms with Crippen LogP contribution in [0.2, 0.25) is 0 Å². The van der Waals surface area contributed by atoms with Crippen LogP contribution in [0.5, 0.6) is 0 Å². The number of rotatable bonds is 7. The van der Waals surface area contributed by atoms with Gasteiger partial charge in [0.05, 0.1) is 0 Å². The predicted octanol–water partition coefficient (Wildman–Crippen LogP) is 5.16. The van der Waals surface area contributed by atoms with Gasteiger partial charge < -0.3 is 20.4 Å². The summed E-state index contributed by atoms with van der Waals surface area (Å²) in [6.07, 6.45) is 12.2. The number of hydrogen-bond donors (Lipinski definition) is 2. The minimum Gasteiger partial charge on any atom is -0.362 e. The number of hydrogen-bond acceptors (Lipinski definition) is 5. The first-order valence-corrected chi connectivity index (χ1v) is 13.2. The molecule has 2 aromatic rings. The third kappa shape index (κ3) is 7.56. The van der Waals surface area contributed by atoms with Gasteiger partial charge in [-0.05, 0) is 56.3 Å². The maximum atomic E-state index is 5.58. The Bertz CT molecular complexity index is 820. The van der Waals surface area contributed by atoms with Crippen LogP contribution >= 0.6 is 12.2 Å². The molecule has 1 aromatic heterocycles. The fraction of sp³-hybridized carbons (Fsp3) is 0.577. The lowest BCUT2D eigenvalue weighted by atomic mass is 10.1. The highest BCUT2D eigenvalue weighted by atomic mass is 32.1. The molecule has 0 aliphatic carbocycles. The maximum absolute atomic E-state index is 5.58. The van der Waals surface area contributed by atoms with E-state index in [0.717, 1.165) is 57.2 Å². The van der Waals surface area contributed by atoms with Crippen molar-refractivity contribution < 1.29 is 0 Å². The summed E-state index contributed by atoms with van der Waals surface area (Å²) in [5.41, 5.74) is 1.36. The van der Waals surface area contributed by atoms with Gasteiger partial charge in [-0.2, -0.15) is 9.97 Å². The van der Waals surface area contributed by atoms with Crippen molar-refractivity contribution in [2.24, 2.45) is 0 Å². The minimum atomic E-state index is 0.595. The zero-order valence-electron chi connectivity index (χ0n) is 19.8. The number of nitrogens with one attached hydrogen (secondary N) is 2. The van der Waals surface area contributed by atoms with Gasteiger partial charge in [-0.25, -0.2) is 0 Å². The number of thiocarbonyl (C=S) groups is 1. The van der Waals surface area contributed by atoms with E-state index in [2.05, 4.69) is 56.8 Å². The standard InChI is InChI=1S/C26H38N6S/c33-26(27-16-12-15-22-13-6-5-7-14-22)30-25-28-23(31-17-8-1-2-9-18-31)21-24(29-25)32-19-10-3-4-11-20-32/h5-7,13-14,21H,1-4,8-12,15-20H2,(H2,27,28,29,30,33). The van der Waals surface area contributed by atoms with Gasteiger partial charge in [0.1, 0.15) is 11.6 Å². The zero-order valence-corrected chi connectivity index (χ0v) is 20.6. The summed E-state index contributed by atoms with van der Waals surface area (Å²) in [5.74, 6) is 2.66. The Morgan fingerprint density at radius 2 is 1.33 bits per heavy atom. The van der Waals surface area contributed by atoms with Gasteiger partial charge >= 0.3 is 0 Å². The number of aryl methyl sites for hydroxylation is 1. The average molecular weight is 467 g/mol. The molecular weight excluding hydrogens is 428 g/mol. The summed E-state index contributed by atoms with van der Waals surface area (Å²) in [4.78, 5) is 14.6. The Hall–Kier alpha value is -2.41. The Labute approximate surface area is 204 Å². The Morgan fingerprint density at radius 1 is 0.788 bits per heavy atom. The molecule has 2 aliphatic rings. The smallest absolute Gasteiger partial charge is 0.232 e.